The first-order valence-electron chi connectivity index (χ1n) is 10.3. The number of pyridine rings is 1. The number of ether oxygens (including phenoxy) is 2. The molecular formula is C23H28N4O4. The molecule has 3 heterocycles. The molecule has 1 aromatic carbocycles. The summed E-state index contributed by atoms with van der Waals surface area (Å²) < 4.78 is 12.6. The molecule has 1 aliphatic rings. The van der Waals surface area contributed by atoms with Gasteiger partial charge in [-0.1, -0.05) is 26.8 Å². The van der Waals surface area contributed by atoms with Crippen molar-refractivity contribution >= 4 is 22.8 Å². The number of carbonyl (C=O) groups is 1. The topological polar surface area (TPSA) is 98.5 Å². The maximum Gasteiger partial charge on any atom is 0.231 e. The Hall–Kier alpha value is -3.13. The monoisotopic (exact) mass is 424 g/mol. The highest BCUT2D eigenvalue weighted by molar-refractivity contribution is 6.01. The van der Waals surface area contributed by atoms with E-state index in [0.29, 0.717) is 30.2 Å². The van der Waals surface area contributed by atoms with Gasteiger partial charge in [0.15, 0.2) is 23.0 Å². The lowest BCUT2D eigenvalue weighted by Gasteiger charge is -2.17. The number of aryl methyl sites for hydroxylation is 1. The van der Waals surface area contributed by atoms with Gasteiger partial charge in [0, 0.05) is 23.7 Å². The zero-order chi connectivity index (χ0) is 22.4. The third kappa shape index (κ3) is 4.49. The minimum absolute atomic E-state index is 0.130. The van der Waals surface area contributed by atoms with E-state index in [2.05, 4.69) is 15.4 Å². The second-order valence-corrected chi connectivity index (χ2v) is 9.50. The largest absolute Gasteiger partial charge is 0.454 e. The van der Waals surface area contributed by atoms with Crippen LogP contribution in [-0.2, 0) is 11.3 Å². The summed E-state index contributed by atoms with van der Waals surface area (Å²) in [4.78, 5) is 17.3. The molecule has 0 spiro atoms. The minimum Gasteiger partial charge on any atom is -0.454 e. The van der Waals surface area contributed by atoms with Gasteiger partial charge in [0.25, 0.3) is 0 Å². The number of hydrogen-bond donors (Lipinski definition) is 2. The van der Waals surface area contributed by atoms with Gasteiger partial charge in [-0.25, -0.2) is 9.67 Å². The van der Waals surface area contributed by atoms with Crippen molar-refractivity contribution in [2.24, 2.45) is 5.41 Å². The van der Waals surface area contributed by atoms with Crippen LogP contribution in [-0.4, -0.2) is 38.2 Å². The molecule has 0 radical (unpaired) electrons. The van der Waals surface area contributed by atoms with E-state index in [1.165, 1.54) is 0 Å². The fraction of sp³-hybridized carbons (Fsp3) is 0.435. The van der Waals surface area contributed by atoms with E-state index >= 15 is 0 Å². The van der Waals surface area contributed by atoms with Crippen molar-refractivity contribution in [2.75, 3.05) is 12.1 Å². The zero-order valence-corrected chi connectivity index (χ0v) is 18.5. The quantitative estimate of drug-likeness (QED) is 0.643. The summed E-state index contributed by atoms with van der Waals surface area (Å²) in [6, 6.07) is 7.70. The molecule has 0 aliphatic carbocycles. The number of anilines is 1. The average Bonchev–Trinajstić information content (AvgIpc) is 3.29. The predicted molar refractivity (Wildman–Crippen MR) is 118 cm³/mol. The van der Waals surface area contributed by atoms with E-state index in [4.69, 9.17) is 9.47 Å². The second kappa shape index (κ2) is 7.53. The summed E-state index contributed by atoms with van der Waals surface area (Å²) in [6.07, 6.45) is 2.28. The van der Waals surface area contributed by atoms with Crippen molar-refractivity contribution in [3.05, 3.63) is 30.5 Å². The first kappa shape index (κ1) is 21.1. The molecule has 1 aliphatic heterocycles. The number of nitrogens with one attached hydrogen (secondary N) is 1. The highest BCUT2D eigenvalue weighted by Gasteiger charge is 2.25. The van der Waals surface area contributed by atoms with Gasteiger partial charge < -0.3 is 19.9 Å². The lowest BCUT2D eigenvalue weighted by molar-refractivity contribution is -0.123. The Morgan fingerprint density at radius 3 is 2.58 bits per heavy atom. The van der Waals surface area contributed by atoms with Crippen molar-refractivity contribution in [3.8, 4) is 22.6 Å². The highest BCUT2D eigenvalue weighted by atomic mass is 16.7. The highest BCUT2D eigenvalue weighted by Crippen LogP contribution is 2.37. The summed E-state index contributed by atoms with van der Waals surface area (Å²) in [5, 5.41) is 18.4. The molecule has 3 aromatic rings. The number of carbonyl (C=O) groups excluding carboxylic acids is 1. The second-order valence-electron chi connectivity index (χ2n) is 9.50. The molecule has 2 aromatic heterocycles. The fourth-order valence-electron chi connectivity index (χ4n) is 3.22. The summed E-state index contributed by atoms with van der Waals surface area (Å²) in [6.45, 7) is 9.76. The van der Waals surface area contributed by atoms with Gasteiger partial charge in [0.2, 0.25) is 12.7 Å². The minimum atomic E-state index is -0.834. The van der Waals surface area contributed by atoms with E-state index in [-0.39, 0.29) is 12.7 Å². The van der Waals surface area contributed by atoms with Crippen LogP contribution < -0.4 is 14.8 Å². The number of nitrogens with zero attached hydrogens (tertiary/aromatic N) is 3. The van der Waals surface area contributed by atoms with Crippen LogP contribution in [0, 0.1) is 5.41 Å². The van der Waals surface area contributed by atoms with E-state index in [1.807, 2.05) is 45.0 Å². The Kier molecular flexibility index (Phi) is 5.13. The number of hydrogen-bond acceptors (Lipinski definition) is 6. The molecule has 0 atom stereocenters. The summed E-state index contributed by atoms with van der Waals surface area (Å²) in [7, 11) is 0. The summed E-state index contributed by atoms with van der Waals surface area (Å²) >= 11 is 0. The smallest absolute Gasteiger partial charge is 0.231 e. The lowest BCUT2D eigenvalue weighted by atomic mass is 9.96. The molecule has 0 unspecified atom stereocenters. The molecule has 31 heavy (non-hydrogen) atoms. The number of benzene rings is 1. The molecule has 8 heteroatoms. The molecule has 0 saturated carbocycles. The SMILES string of the molecule is CC(C)(O)CCn1nc(NC(=O)C(C)(C)C)c2cc(-c3ccc4c(c3)OCO4)cnc21. The van der Waals surface area contributed by atoms with Crippen LogP contribution in [0.1, 0.15) is 41.0 Å². The average molecular weight is 425 g/mol. The summed E-state index contributed by atoms with van der Waals surface area (Å²) in [5.74, 6) is 1.74. The predicted octanol–water partition coefficient (Wildman–Crippen LogP) is 3.97. The van der Waals surface area contributed by atoms with Gasteiger partial charge in [-0.05, 0) is 44.0 Å². The van der Waals surface area contributed by atoms with E-state index in [0.717, 1.165) is 22.3 Å². The normalized spacial score (nSPS) is 13.6. The van der Waals surface area contributed by atoms with Gasteiger partial charge in [-0.2, -0.15) is 5.10 Å². The third-order valence-electron chi connectivity index (χ3n) is 5.14. The van der Waals surface area contributed by atoms with Crippen molar-refractivity contribution in [1.29, 1.82) is 0 Å². The fourth-order valence-corrected chi connectivity index (χ4v) is 3.22. The van der Waals surface area contributed by atoms with Crippen LogP contribution in [0.5, 0.6) is 11.5 Å². The Morgan fingerprint density at radius 2 is 1.87 bits per heavy atom. The number of amides is 1. The van der Waals surface area contributed by atoms with Crippen LogP contribution in [0.3, 0.4) is 0 Å². The molecule has 164 valence electrons. The van der Waals surface area contributed by atoms with Gasteiger partial charge in [-0.3, -0.25) is 4.79 Å². The van der Waals surface area contributed by atoms with Gasteiger partial charge >= 0.3 is 0 Å². The molecule has 0 saturated heterocycles. The van der Waals surface area contributed by atoms with E-state index in [1.54, 1.807) is 24.7 Å². The van der Waals surface area contributed by atoms with Crippen molar-refractivity contribution in [1.82, 2.24) is 14.8 Å². The molecule has 2 N–H and O–H groups in total. The maximum atomic E-state index is 12.6. The molecule has 0 fully saturated rings. The first-order valence-corrected chi connectivity index (χ1v) is 10.3. The van der Waals surface area contributed by atoms with Gasteiger partial charge in [0.1, 0.15) is 0 Å². The first-order chi connectivity index (χ1) is 14.5. The Labute approximate surface area is 181 Å². The maximum absolute atomic E-state index is 12.6. The van der Waals surface area contributed by atoms with Crippen LogP contribution >= 0.6 is 0 Å². The number of rotatable bonds is 5. The van der Waals surface area contributed by atoms with Crippen molar-refractivity contribution in [2.45, 2.75) is 53.2 Å². The molecule has 1 amide bonds. The van der Waals surface area contributed by atoms with E-state index in [9.17, 15) is 9.90 Å². The van der Waals surface area contributed by atoms with Crippen molar-refractivity contribution < 1.29 is 19.4 Å². The summed E-state index contributed by atoms with van der Waals surface area (Å²) in [5.41, 5.74) is 1.05. The van der Waals surface area contributed by atoms with Crippen LogP contribution in [0.15, 0.2) is 30.5 Å². The third-order valence-corrected chi connectivity index (χ3v) is 5.14. The molecule has 0 bridgehead atoms. The molecule has 4 rings (SSSR count). The Morgan fingerprint density at radius 1 is 1.13 bits per heavy atom. The number of fused-ring (bicyclic) bond motifs is 2. The van der Waals surface area contributed by atoms with Crippen molar-refractivity contribution in [3.63, 3.8) is 0 Å². The zero-order valence-electron chi connectivity index (χ0n) is 18.5. The Bertz CT molecular complexity index is 1140. The number of aromatic nitrogens is 3. The van der Waals surface area contributed by atoms with Crippen LogP contribution in [0.2, 0.25) is 0 Å². The Balaban J connectivity index is 1.76. The molecular weight excluding hydrogens is 396 g/mol. The standard InChI is InChI=1S/C23H28N4O4/c1-22(2,3)21(28)25-19-16-10-15(14-6-7-17-18(11-14)31-13-30-17)12-24-20(16)27(26-19)9-8-23(4,5)29/h6-7,10-12,29H,8-9,13H2,1-5H3,(H,25,26,28). The van der Waals surface area contributed by atoms with E-state index < -0.39 is 11.0 Å². The van der Waals surface area contributed by atoms with Gasteiger partial charge in [-0.15, -0.1) is 0 Å². The lowest BCUT2D eigenvalue weighted by Crippen LogP contribution is -2.28. The van der Waals surface area contributed by atoms with Gasteiger partial charge in [0.05, 0.1) is 11.0 Å². The molecule has 8 nitrogen and oxygen atoms in total. The van der Waals surface area contributed by atoms with Crippen LogP contribution in [0.25, 0.3) is 22.2 Å². The number of aliphatic hydroxyl groups is 1. The van der Waals surface area contributed by atoms with Crippen LogP contribution in [0.4, 0.5) is 5.82 Å².